The van der Waals surface area contributed by atoms with E-state index in [1.54, 1.807) is 38.3 Å². The topological polar surface area (TPSA) is 762 Å². The number of alkyl halides is 3. The number of nitrogens with two attached hydrogens (primary N) is 9. The second kappa shape index (κ2) is 51.3. The molecule has 0 heterocycles. The Kier molecular flexibility index (Phi) is 44.9. The number of primary amides is 4. The van der Waals surface area contributed by atoms with Crippen LogP contribution in [0.4, 0.5) is 13.2 Å². The maximum Gasteiger partial charge on any atom is 0.490 e. The zero-order valence-corrected chi connectivity index (χ0v) is 62.7. The van der Waals surface area contributed by atoms with Gasteiger partial charge in [0, 0.05) is 32.4 Å². The number of nitrogens with one attached hydrogen (secondary N) is 11. The van der Waals surface area contributed by atoms with Gasteiger partial charge in [-0.15, -0.1) is 0 Å². The van der Waals surface area contributed by atoms with Gasteiger partial charge in [0.2, 0.25) is 88.6 Å². The number of aliphatic hydroxyl groups is 1. The molecular weight excluding hydrogens is 1530 g/mol. The van der Waals surface area contributed by atoms with Crippen molar-refractivity contribution in [2.45, 2.75) is 176 Å². The van der Waals surface area contributed by atoms with Crippen LogP contribution in [0.5, 0.6) is 5.75 Å². The van der Waals surface area contributed by atoms with Crippen LogP contribution in [-0.2, 0) is 94.3 Å². The van der Waals surface area contributed by atoms with Crippen LogP contribution in [0.25, 0.3) is 0 Å². The third kappa shape index (κ3) is 42.0. The van der Waals surface area contributed by atoms with Crippen molar-refractivity contribution in [3.05, 3.63) is 65.7 Å². The van der Waals surface area contributed by atoms with E-state index >= 15 is 0 Å². The van der Waals surface area contributed by atoms with Crippen molar-refractivity contribution in [1.29, 1.82) is 0 Å². The summed E-state index contributed by atoms with van der Waals surface area (Å²) in [6.07, 6.45) is -8.16. The van der Waals surface area contributed by atoms with Gasteiger partial charge in [-0.2, -0.15) is 24.9 Å². The maximum atomic E-state index is 14.4. The third-order valence-electron chi connectivity index (χ3n) is 15.6. The van der Waals surface area contributed by atoms with Gasteiger partial charge in [0.25, 0.3) is 0 Å². The number of carbonyl (C=O) groups excluding carboxylic acids is 15. The smallest absolute Gasteiger partial charge is 0.490 e. The molecule has 2 rings (SSSR count). The Bertz CT molecular complexity index is 3650. The van der Waals surface area contributed by atoms with E-state index in [2.05, 4.69) is 68.5 Å². The Morgan fingerprint density at radius 3 is 1.25 bits per heavy atom. The highest BCUT2D eigenvalue weighted by Gasteiger charge is 2.39. The number of aliphatic hydroxyl groups excluding tert-OH is 1. The molecule has 0 spiro atoms. The van der Waals surface area contributed by atoms with Gasteiger partial charge in [-0.1, -0.05) is 56.3 Å². The number of aliphatic imine (C=N–C) groups is 2. The first kappa shape index (κ1) is 98.8. The fourth-order valence-corrected chi connectivity index (χ4v) is 10.4. The molecule has 2 aromatic rings. The van der Waals surface area contributed by atoms with Crippen LogP contribution >= 0.6 is 11.8 Å². The Morgan fingerprint density at radius 1 is 0.451 bits per heavy atom. The zero-order chi connectivity index (χ0) is 85.8. The van der Waals surface area contributed by atoms with Gasteiger partial charge in [-0.05, 0) is 99.0 Å². The maximum absolute atomic E-state index is 14.4. The van der Waals surface area contributed by atoms with Crippen molar-refractivity contribution >= 4 is 124 Å². The minimum atomic E-state index is -5.08. The molecule has 33 N–H and O–H groups in total. The van der Waals surface area contributed by atoms with Crippen molar-refractivity contribution < 1.29 is 115 Å². The summed E-state index contributed by atoms with van der Waals surface area (Å²) in [6.45, 7) is 1.47. The molecule has 11 atom stereocenters. The number of aromatic hydroxyl groups is 1. The molecule has 113 heavy (non-hydrogen) atoms. The first-order valence-electron chi connectivity index (χ1n) is 34.6. The largest absolute Gasteiger partial charge is 0.508 e. The molecule has 47 heteroatoms. The third-order valence-corrected chi connectivity index (χ3v) is 16.2. The summed E-state index contributed by atoms with van der Waals surface area (Å²) in [7, 11) is 0. The van der Waals surface area contributed by atoms with Crippen molar-refractivity contribution in [3.63, 3.8) is 0 Å². The number of phenols is 1. The van der Waals surface area contributed by atoms with Crippen molar-refractivity contribution in [1.82, 2.24) is 58.5 Å². The Balaban J connectivity index is 0.00000867. The first-order valence-corrected chi connectivity index (χ1v) is 36.0. The number of rotatable bonds is 51. The number of thioether (sulfide) groups is 1. The SMILES string of the molecule is CSCC[C@H](NC(=O)[C@H](CO)NC(=O)[C@H](CCC(N)=O)NC(=O)[C@H](CCCN=C(N)N)NC(=O)[C@@H](N)Cc1ccc(O)cc1)C(=O)N[C@@H](CC(N)=O)C(=O)N[C@@H](CC(N)=O)C(=O)N[C@@H](Cc1ccccc1)C(=O)N[C@@H](CCC(N)=O)C(=O)NCC(=O)N[C@@H](CC(C)C)C(=O)N[C@@H](CCCN=C(N)N)C(=O)O.O=C(O)C(F)(F)F. The number of halogens is 3. The normalized spacial score (nSPS) is 13.8. The summed E-state index contributed by atoms with van der Waals surface area (Å²) in [6, 6.07) is -4.50. The van der Waals surface area contributed by atoms with E-state index in [1.165, 1.54) is 48.2 Å². The molecule has 0 saturated heterocycles. The fraction of sp³-hybridized carbons (Fsp3) is 0.530. The van der Waals surface area contributed by atoms with Crippen LogP contribution in [0.3, 0.4) is 0 Å². The van der Waals surface area contributed by atoms with Crippen molar-refractivity contribution in [2.75, 3.05) is 38.2 Å². The van der Waals surface area contributed by atoms with E-state index in [0.717, 1.165) is 0 Å². The lowest BCUT2D eigenvalue weighted by molar-refractivity contribution is -0.192. The number of amides is 15. The fourth-order valence-electron chi connectivity index (χ4n) is 9.90. The molecule has 0 fully saturated rings. The number of phenolic OH excluding ortho intramolecular Hbond substituents is 1. The molecular formula is C66H101F3N22O21S. The molecule has 0 aliphatic carbocycles. The highest BCUT2D eigenvalue weighted by atomic mass is 32.2. The number of nitrogens with zero attached hydrogens (tertiary/aromatic N) is 2. The average molecular weight is 1630 g/mol. The summed E-state index contributed by atoms with van der Waals surface area (Å²) < 4.78 is 31.7. The number of aliphatic carboxylic acids is 2. The summed E-state index contributed by atoms with van der Waals surface area (Å²) in [5.74, 6) is -21.2. The Morgan fingerprint density at radius 2 is 0.823 bits per heavy atom. The monoisotopic (exact) mass is 1630 g/mol. The van der Waals surface area contributed by atoms with Crippen LogP contribution in [0, 0.1) is 5.92 Å². The predicted molar refractivity (Wildman–Crippen MR) is 397 cm³/mol. The number of carbonyl (C=O) groups is 17. The van der Waals surface area contributed by atoms with Crippen LogP contribution in [0.15, 0.2) is 64.6 Å². The average Bonchev–Trinajstić information content (AvgIpc) is 0.492. The Hall–Kier alpha value is -12.2. The van der Waals surface area contributed by atoms with E-state index in [4.69, 9.17) is 61.5 Å². The second-order valence-corrected chi connectivity index (χ2v) is 26.5. The zero-order valence-electron chi connectivity index (χ0n) is 61.9. The van der Waals surface area contributed by atoms with Crippen LogP contribution < -0.4 is 110 Å². The van der Waals surface area contributed by atoms with Gasteiger partial charge in [-0.25, -0.2) is 9.59 Å². The van der Waals surface area contributed by atoms with E-state index in [0.29, 0.717) is 11.1 Å². The summed E-state index contributed by atoms with van der Waals surface area (Å²) >= 11 is 1.17. The lowest BCUT2D eigenvalue weighted by atomic mass is 10.0. The standard InChI is InChI=1S/C64H100N22O19S.C2HF3O2/c1-32(2)25-42(57(99)82-41(62(104)105)12-8-23-75-64(72)73)77-51(93)30-76-53(95)38(17-19-47(66)89)79-58(100)43(27-33-9-5-4-6-10-33)83-59(101)45(29-50(69)92)85-60(102)44(28-49(68)91)84-56(98)40(21-24-106-3)81-61(103)46(31-87)86-55(97)39(18-20-48(67)90)80-54(96)37(11-7-22-74-63(70)71)78-52(94)36(65)26-34-13-15-35(88)16-14-34;3-2(4,5)1(6)7/h4-6,9-10,13-16,32,36-46,87-88H,7-8,11-12,17-31,65H2,1-3H3,(H2,66,89)(H2,67,90)(H2,68,91)(H2,69,92)(H,76,95)(H,77,93)(H,78,94)(H,79,100)(H,80,96)(H,81,103)(H,82,99)(H,83,101)(H,84,98)(H,85,102)(H,86,97)(H,104,105)(H4,70,71,74)(H4,72,73,75);(H,6,7)/t36-,37-,38-,39-,40-,41-,42-,43-,44-,45-,46-;/m0./s1. The molecule has 43 nitrogen and oxygen atoms in total. The summed E-state index contributed by atoms with van der Waals surface area (Å²) in [5, 5.41) is 63.0. The van der Waals surface area contributed by atoms with Gasteiger partial charge in [-0.3, -0.25) is 81.9 Å². The van der Waals surface area contributed by atoms with Crippen LogP contribution in [0.2, 0.25) is 0 Å². The van der Waals surface area contributed by atoms with Gasteiger partial charge in [0.05, 0.1) is 32.0 Å². The van der Waals surface area contributed by atoms with E-state index in [1.807, 2.05) is 0 Å². The number of carboxylic acids is 2. The molecule has 0 radical (unpaired) electrons. The summed E-state index contributed by atoms with van der Waals surface area (Å²) in [5.41, 5.74) is 50.5. The molecule has 2 aromatic carbocycles. The number of guanidine groups is 2. The molecule has 0 saturated carbocycles. The van der Waals surface area contributed by atoms with Gasteiger partial charge in [0.1, 0.15) is 66.2 Å². The lowest BCUT2D eigenvalue weighted by Gasteiger charge is -2.27. The van der Waals surface area contributed by atoms with E-state index in [9.17, 15) is 105 Å². The quantitative estimate of drug-likeness (QED) is 0.0166. The van der Waals surface area contributed by atoms with Gasteiger partial charge in [0.15, 0.2) is 11.9 Å². The summed E-state index contributed by atoms with van der Waals surface area (Å²) in [4.78, 5) is 231. The molecule has 0 aromatic heterocycles. The number of benzene rings is 2. The number of hydrogen-bond donors (Lipinski definition) is 24. The van der Waals surface area contributed by atoms with Crippen LogP contribution in [-0.4, -0.2) is 244 Å². The van der Waals surface area contributed by atoms with Crippen LogP contribution in [0.1, 0.15) is 102 Å². The molecule has 0 unspecified atom stereocenters. The second-order valence-electron chi connectivity index (χ2n) is 25.5. The van der Waals surface area contributed by atoms with Crippen molar-refractivity contribution in [3.8, 4) is 5.75 Å². The highest BCUT2D eigenvalue weighted by molar-refractivity contribution is 7.98. The molecule has 0 bridgehead atoms. The molecule has 0 aliphatic rings. The van der Waals surface area contributed by atoms with E-state index in [-0.39, 0.29) is 93.8 Å². The van der Waals surface area contributed by atoms with Gasteiger partial charge < -0.3 is 131 Å². The minimum absolute atomic E-state index is 0.00833. The Labute approximate surface area is 649 Å². The number of hydrogen-bond acceptors (Lipinski definition) is 23. The molecule has 15 amide bonds. The predicted octanol–water partition coefficient (Wildman–Crippen LogP) is -8.63. The molecule has 0 aliphatic heterocycles. The lowest BCUT2D eigenvalue weighted by Crippen LogP contribution is -2.61. The van der Waals surface area contributed by atoms with Crippen molar-refractivity contribution in [2.24, 2.45) is 67.5 Å². The first-order chi connectivity index (χ1) is 52.9. The molecule has 628 valence electrons. The van der Waals surface area contributed by atoms with E-state index < -0.39 is 225 Å². The number of carboxylic acid groups (broad SMARTS) is 2. The van der Waals surface area contributed by atoms with Gasteiger partial charge >= 0.3 is 18.1 Å². The highest BCUT2D eigenvalue weighted by Crippen LogP contribution is 2.16. The minimum Gasteiger partial charge on any atom is -0.508 e.